The van der Waals surface area contributed by atoms with Crippen molar-refractivity contribution in [2.45, 2.75) is 51.9 Å². The first-order chi connectivity index (χ1) is 30.3. The SMILES string of the molecule is COc1cc2c(cc1OC)C1C(=O)c3c(O)cc4c(c3OC1CO2)C=CC(C)(C)O4.Cc1cc(O)c(C=O)c2c1C(=O)Oc1c(COC(=O)C=CC(=O)O)c(O)c(C(=O)O)c(C)c1O2. The standard InChI is InChI=1S/C23H22O7.C22H16O12/c1-23(2)6-5-11-15(30-23)8-13(24)20-21(25)19-12-7-16(26-3)17(27-4)9-14(12)28-10-18(19)29-22(11)20;1-8-5-12(24)10(6-23)19-15(8)22(31)34-20-11(7-32-14(27)4-3-13(25)26)17(28)16(21(29)30)9(2)18(20)33-19/h5-9,18-19,24H,10H2,1-4H3;3-6,24,28H,7H2,1-2H3,(H,25,26)(H,29,30). The Morgan fingerprint density at radius 2 is 1.56 bits per heavy atom. The lowest BCUT2D eigenvalue weighted by molar-refractivity contribution is -0.139. The second-order valence-electron chi connectivity index (χ2n) is 15.1. The molecule has 19 nitrogen and oxygen atoms in total. The molecule has 4 aromatic carbocycles. The maximum Gasteiger partial charge on any atom is 0.347 e. The molecule has 4 aromatic rings. The van der Waals surface area contributed by atoms with Gasteiger partial charge in [-0.3, -0.25) is 9.59 Å². The van der Waals surface area contributed by atoms with Gasteiger partial charge in [-0.05, 0) is 57.5 Å². The Bertz CT molecular complexity index is 2780. The highest BCUT2D eigenvalue weighted by Crippen LogP contribution is 2.53. The van der Waals surface area contributed by atoms with Crippen LogP contribution in [0.2, 0.25) is 0 Å². The normalized spacial score (nSPS) is 16.9. The molecule has 2 atom stereocenters. The number of aromatic carboxylic acids is 1. The molecule has 64 heavy (non-hydrogen) atoms. The molecule has 332 valence electrons. The average Bonchev–Trinajstić information content (AvgIpc) is 3.38. The number of ether oxygens (including phenoxy) is 8. The van der Waals surface area contributed by atoms with Gasteiger partial charge >= 0.3 is 23.9 Å². The van der Waals surface area contributed by atoms with Crippen molar-refractivity contribution < 1.29 is 92.2 Å². The van der Waals surface area contributed by atoms with Gasteiger partial charge in [-0.15, -0.1) is 0 Å². The number of carboxylic acids is 2. The fourth-order valence-corrected chi connectivity index (χ4v) is 7.59. The lowest BCUT2D eigenvalue weighted by atomic mass is 9.80. The summed E-state index contributed by atoms with van der Waals surface area (Å²) in [6.45, 7) is 5.85. The van der Waals surface area contributed by atoms with E-state index < -0.39 is 87.8 Å². The monoisotopic (exact) mass is 882 g/mol. The third kappa shape index (κ3) is 7.67. The zero-order valence-corrected chi connectivity index (χ0v) is 34.7. The van der Waals surface area contributed by atoms with E-state index in [9.17, 15) is 49.2 Å². The third-order valence-corrected chi connectivity index (χ3v) is 10.6. The smallest absolute Gasteiger partial charge is 0.347 e. The van der Waals surface area contributed by atoms with Crippen molar-refractivity contribution in [1.82, 2.24) is 0 Å². The van der Waals surface area contributed by atoms with Crippen molar-refractivity contribution in [3.8, 4) is 63.2 Å². The zero-order chi connectivity index (χ0) is 46.5. The third-order valence-electron chi connectivity index (χ3n) is 10.6. The molecule has 0 fully saturated rings. The maximum absolute atomic E-state index is 13.6. The minimum atomic E-state index is -1.60. The topological polar surface area (TPSA) is 277 Å². The van der Waals surface area contributed by atoms with Crippen LogP contribution in [0.5, 0.6) is 63.2 Å². The van der Waals surface area contributed by atoms with Crippen LogP contribution < -0.4 is 33.2 Å². The van der Waals surface area contributed by atoms with Crippen LogP contribution in [0, 0.1) is 13.8 Å². The van der Waals surface area contributed by atoms with Crippen molar-refractivity contribution in [2.75, 3.05) is 20.8 Å². The molecule has 0 spiro atoms. The molecule has 0 saturated carbocycles. The zero-order valence-electron chi connectivity index (χ0n) is 34.7. The van der Waals surface area contributed by atoms with Gasteiger partial charge in [-0.25, -0.2) is 19.2 Å². The van der Waals surface area contributed by atoms with Crippen molar-refractivity contribution in [3.63, 3.8) is 0 Å². The highest BCUT2D eigenvalue weighted by Gasteiger charge is 2.46. The number of carbonyl (C=O) groups excluding carboxylic acids is 4. The molecule has 0 amide bonds. The van der Waals surface area contributed by atoms with Crippen LogP contribution in [-0.4, -0.2) is 94.0 Å². The number of phenolic OH excluding ortho intramolecular Hbond substituents is 2. The number of fused-ring (bicyclic) bond motifs is 8. The Morgan fingerprint density at radius 1 is 0.859 bits per heavy atom. The van der Waals surface area contributed by atoms with E-state index in [0.717, 1.165) is 6.07 Å². The number of carboxylic acid groups (broad SMARTS) is 2. The van der Waals surface area contributed by atoms with Crippen LogP contribution in [0.4, 0.5) is 0 Å². The second kappa shape index (κ2) is 16.6. The van der Waals surface area contributed by atoms with Gasteiger partial charge in [-0.2, -0.15) is 0 Å². The number of hydrogen-bond acceptors (Lipinski definition) is 17. The van der Waals surface area contributed by atoms with Crippen LogP contribution in [0.3, 0.4) is 0 Å². The van der Waals surface area contributed by atoms with E-state index in [-0.39, 0.29) is 52.4 Å². The Kier molecular flexibility index (Phi) is 11.4. The lowest BCUT2D eigenvalue weighted by Gasteiger charge is -2.39. The maximum atomic E-state index is 13.6. The van der Waals surface area contributed by atoms with E-state index >= 15 is 0 Å². The predicted molar refractivity (Wildman–Crippen MR) is 218 cm³/mol. The first-order valence-electron chi connectivity index (χ1n) is 19.1. The molecule has 5 N–H and O–H groups in total. The summed E-state index contributed by atoms with van der Waals surface area (Å²) in [6, 6.07) is 6.06. The number of esters is 2. The molecule has 8 rings (SSSR count). The van der Waals surface area contributed by atoms with E-state index in [1.54, 1.807) is 19.2 Å². The largest absolute Gasteiger partial charge is 0.507 e. The van der Waals surface area contributed by atoms with Gasteiger partial charge in [0.25, 0.3) is 0 Å². The van der Waals surface area contributed by atoms with Gasteiger partial charge in [0.2, 0.25) is 0 Å². The minimum absolute atomic E-state index is 0.158. The minimum Gasteiger partial charge on any atom is -0.507 e. The van der Waals surface area contributed by atoms with Gasteiger partial charge < -0.3 is 63.4 Å². The molecule has 19 heteroatoms. The molecular weight excluding hydrogens is 844 g/mol. The molecule has 4 aliphatic rings. The highest BCUT2D eigenvalue weighted by molar-refractivity contribution is 6.09. The van der Waals surface area contributed by atoms with Crippen LogP contribution in [0.15, 0.2) is 42.5 Å². The van der Waals surface area contributed by atoms with Crippen molar-refractivity contribution in [1.29, 1.82) is 0 Å². The molecule has 0 aromatic heterocycles. The van der Waals surface area contributed by atoms with Crippen LogP contribution >= 0.6 is 0 Å². The van der Waals surface area contributed by atoms with Crippen molar-refractivity contribution in [3.05, 3.63) is 92.6 Å². The summed E-state index contributed by atoms with van der Waals surface area (Å²) in [5, 5.41) is 49.6. The number of carbonyl (C=O) groups is 6. The Morgan fingerprint density at radius 3 is 2.22 bits per heavy atom. The van der Waals surface area contributed by atoms with E-state index in [1.807, 2.05) is 26.0 Å². The first-order valence-corrected chi connectivity index (χ1v) is 19.1. The molecular formula is C45H38O19. The number of methoxy groups -OCH3 is 2. The quantitative estimate of drug-likeness (QED) is 0.0592. The molecule has 4 aliphatic heterocycles. The molecule has 0 aliphatic carbocycles. The number of aldehydes is 1. The van der Waals surface area contributed by atoms with Gasteiger partial charge in [-0.1, -0.05) is 0 Å². The fraction of sp³-hybridized carbons (Fsp3) is 0.244. The first kappa shape index (κ1) is 43.9. The number of phenols is 3. The number of rotatable bonds is 8. The summed E-state index contributed by atoms with van der Waals surface area (Å²) in [5.41, 5.74) is -0.872. The Balaban J connectivity index is 0.000000192. The molecule has 0 bridgehead atoms. The van der Waals surface area contributed by atoms with Crippen LogP contribution in [-0.2, 0) is 20.9 Å². The van der Waals surface area contributed by atoms with Gasteiger partial charge in [0.05, 0.1) is 36.8 Å². The van der Waals surface area contributed by atoms with E-state index in [1.165, 1.54) is 27.0 Å². The number of ketones is 1. The van der Waals surface area contributed by atoms with E-state index in [0.29, 0.717) is 52.0 Å². The molecule has 0 saturated heterocycles. The number of aryl methyl sites for hydroxylation is 1. The van der Waals surface area contributed by atoms with Crippen molar-refractivity contribution >= 4 is 42.0 Å². The average molecular weight is 883 g/mol. The lowest BCUT2D eigenvalue weighted by Crippen LogP contribution is -2.43. The number of aromatic hydroxyl groups is 3. The van der Waals surface area contributed by atoms with E-state index in [4.69, 9.17) is 43.0 Å². The molecule has 0 radical (unpaired) electrons. The van der Waals surface area contributed by atoms with Gasteiger partial charge in [0, 0.05) is 35.4 Å². The van der Waals surface area contributed by atoms with Crippen LogP contribution in [0.1, 0.15) is 89.0 Å². The van der Waals surface area contributed by atoms with Gasteiger partial charge in [0.1, 0.15) is 76.1 Å². The summed E-state index contributed by atoms with van der Waals surface area (Å²) in [4.78, 5) is 72.2. The molecule has 4 heterocycles. The fourth-order valence-electron chi connectivity index (χ4n) is 7.59. The predicted octanol–water partition coefficient (Wildman–Crippen LogP) is 5.95. The second-order valence-corrected chi connectivity index (χ2v) is 15.1. The highest BCUT2D eigenvalue weighted by atomic mass is 16.6. The molecule has 2 unspecified atom stereocenters. The van der Waals surface area contributed by atoms with E-state index in [2.05, 4.69) is 0 Å². The summed E-state index contributed by atoms with van der Waals surface area (Å²) in [6.07, 6.45) is 4.54. The summed E-state index contributed by atoms with van der Waals surface area (Å²) in [7, 11) is 3.07. The van der Waals surface area contributed by atoms with Crippen LogP contribution in [0.25, 0.3) is 6.08 Å². The summed E-state index contributed by atoms with van der Waals surface area (Å²) < 4.78 is 44.7. The number of benzene rings is 4. The summed E-state index contributed by atoms with van der Waals surface area (Å²) in [5.74, 6) is -6.57. The Labute approximate surface area is 362 Å². The number of aliphatic carboxylic acids is 1. The summed E-state index contributed by atoms with van der Waals surface area (Å²) >= 11 is 0. The number of hydrogen-bond donors (Lipinski definition) is 5. The Hall–Kier alpha value is -8.22. The van der Waals surface area contributed by atoms with Crippen molar-refractivity contribution in [2.24, 2.45) is 0 Å². The van der Waals surface area contributed by atoms with Gasteiger partial charge in [0.15, 0.2) is 40.8 Å². The number of Topliss-reactive ketones (excluding diaryl/α,β-unsaturated/α-hetero) is 1.